The van der Waals surface area contributed by atoms with Crippen LogP contribution in [0.2, 0.25) is 0 Å². The van der Waals surface area contributed by atoms with Gasteiger partial charge in [0.1, 0.15) is 11.4 Å². The highest BCUT2D eigenvalue weighted by Crippen LogP contribution is 2.34. The van der Waals surface area contributed by atoms with Crippen LogP contribution in [0.25, 0.3) is 0 Å². The van der Waals surface area contributed by atoms with Crippen molar-refractivity contribution in [3.63, 3.8) is 0 Å². The lowest BCUT2D eigenvalue weighted by Crippen LogP contribution is -2.51. The predicted octanol–water partition coefficient (Wildman–Crippen LogP) is 3.00. The second kappa shape index (κ2) is 9.11. The van der Waals surface area contributed by atoms with Gasteiger partial charge < -0.3 is 15.0 Å². The molecule has 1 spiro atoms. The lowest BCUT2D eigenvalue weighted by atomic mass is 9.76. The number of fused-ring (bicyclic) bond motifs is 1. The molecule has 1 N–H and O–H groups in total. The number of para-hydroxylation sites is 1. The van der Waals surface area contributed by atoms with Gasteiger partial charge in [-0.1, -0.05) is 36.4 Å². The lowest BCUT2D eigenvalue weighted by molar-refractivity contribution is -0.123. The summed E-state index contributed by atoms with van der Waals surface area (Å²) in [6.07, 6.45) is 9.41. The maximum Gasteiger partial charge on any atom is 0.272 e. The van der Waals surface area contributed by atoms with Gasteiger partial charge in [-0.2, -0.15) is 0 Å². The monoisotopic (exact) mass is 405 g/mol. The summed E-state index contributed by atoms with van der Waals surface area (Å²) >= 11 is 0. The topological polar surface area (TPSA) is 71.5 Å². The zero-order valence-corrected chi connectivity index (χ0v) is 17.0. The maximum absolute atomic E-state index is 12.9. The zero-order chi connectivity index (χ0) is 20.8. The Balaban J connectivity index is 1.53. The molecule has 4 rings (SSSR count). The van der Waals surface area contributed by atoms with Crippen LogP contribution in [-0.4, -0.2) is 47.9 Å². The fourth-order valence-electron chi connectivity index (χ4n) is 4.25. The zero-order valence-electron chi connectivity index (χ0n) is 17.0. The quantitative estimate of drug-likeness (QED) is 0.741. The van der Waals surface area contributed by atoms with Crippen LogP contribution in [0.1, 0.15) is 35.3 Å². The summed E-state index contributed by atoms with van der Waals surface area (Å²) in [4.78, 5) is 31.5. The Morgan fingerprint density at radius 2 is 2.00 bits per heavy atom. The summed E-state index contributed by atoms with van der Waals surface area (Å²) in [5.74, 6) is 0.563. The number of benzene rings is 1. The Hall–Kier alpha value is -3.15. The summed E-state index contributed by atoms with van der Waals surface area (Å²) in [6, 6.07) is 13.2. The SMILES string of the molecule is O=C1COc2ccccc2C/C=C/C[C@]2(CCCN(C(=O)c3ccccn3)C2)CN1. The van der Waals surface area contributed by atoms with Gasteiger partial charge in [0.05, 0.1) is 0 Å². The second-order valence-corrected chi connectivity index (χ2v) is 8.10. The van der Waals surface area contributed by atoms with Crippen molar-refractivity contribution >= 4 is 11.8 Å². The smallest absolute Gasteiger partial charge is 0.272 e. The number of nitrogens with zero attached hydrogens (tertiary/aromatic N) is 2. The minimum absolute atomic E-state index is 0.00656. The van der Waals surface area contributed by atoms with Crippen LogP contribution in [0.3, 0.4) is 0 Å². The van der Waals surface area contributed by atoms with E-state index in [2.05, 4.69) is 22.5 Å². The number of allylic oxidation sites excluding steroid dienone is 2. The van der Waals surface area contributed by atoms with Gasteiger partial charge in [-0.15, -0.1) is 0 Å². The van der Waals surface area contributed by atoms with E-state index >= 15 is 0 Å². The predicted molar refractivity (Wildman–Crippen MR) is 114 cm³/mol. The molecule has 2 aliphatic heterocycles. The third kappa shape index (κ3) is 4.70. The molecule has 1 saturated heterocycles. The van der Waals surface area contributed by atoms with Gasteiger partial charge >= 0.3 is 0 Å². The molecule has 2 aliphatic rings. The number of nitrogens with one attached hydrogen (secondary N) is 1. The Labute approximate surface area is 176 Å². The Bertz CT molecular complexity index is 928. The van der Waals surface area contributed by atoms with E-state index < -0.39 is 0 Å². The van der Waals surface area contributed by atoms with E-state index in [1.165, 1.54) is 0 Å². The van der Waals surface area contributed by atoms with Crippen LogP contribution < -0.4 is 10.1 Å². The highest BCUT2D eigenvalue weighted by atomic mass is 16.5. The van der Waals surface area contributed by atoms with Gasteiger partial charge in [-0.25, -0.2) is 0 Å². The van der Waals surface area contributed by atoms with E-state index in [0.29, 0.717) is 25.3 Å². The highest BCUT2D eigenvalue weighted by molar-refractivity contribution is 5.92. The van der Waals surface area contributed by atoms with Crippen LogP contribution >= 0.6 is 0 Å². The van der Waals surface area contributed by atoms with Crippen molar-refractivity contribution in [3.05, 3.63) is 72.1 Å². The first-order valence-electron chi connectivity index (χ1n) is 10.5. The van der Waals surface area contributed by atoms with Gasteiger partial charge in [0.25, 0.3) is 11.8 Å². The average molecular weight is 405 g/mol. The number of pyridine rings is 1. The van der Waals surface area contributed by atoms with Crippen LogP contribution in [0.15, 0.2) is 60.8 Å². The summed E-state index contributed by atoms with van der Waals surface area (Å²) in [7, 11) is 0. The number of carbonyl (C=O) groups excluding carboxylic acids is 2. The number of piperidine rings is 1. The van der Waals surface area contributed by atoms with Crippen LogP contribution in [0, 0.1) is 5.41 Å². The Morgan fingerprint density at radius 1 is 1.13 bits per heavy atom. The molecule has 156 valence electrons. The van der Waals surface area contributed by atoms with Crippen molar-refractivity contribution < 1.29 is 14.3 Å². The first-order valence-corrected chi connectivity index (χ1v) is 10.5. The number of amides is 2. The molecule has 0 radical (unpaired) electrons. The first kappa shape index (κ1) is 20.1. The molecule has 0 unspecified atom stereocenters. The summed E-state index contributed by atoms with van der Waals surface area (Å²) in [5.41, 5.74) is 1.34. The minimum atomic E-state index is -0.187. The second-order valence-electron chi connectivity index (χ2n) is 8.10. The summed E-state index contributed by atoms with van der Waals surface area (Å²) in [6.45, 7) is 1.83. The van der Waals surface area contributed by atoms with Gasteiger partial charge in [-0.05, 0) is 49.4 Å². The standard InChI is InChI=1S/C24H27N3O3/c28-22-16-30-21-11-2-1-8-19(21)9-3-5-12-24(17-26-22)13-7-15-27(18-24)23(29)20-10-4-6-14-25-20/h1-6,8,10-11,14H,7,9,12-13,15-18H2,(H,26,28)/b5-3+/t24-/m0/s1. The molecule has 6 heteroatoms. The van der Waals surface area contributed by atoms with E-state index in [-0.39, 0.29) is 23.8 Å². The third-order valence-corrected chi connectivity index (χ3v) is 5.88. The third-order valence-electron chi connectivity index (χ3n) is 5.88. The number of carbonyl (C=O) groups is 2. The largest absolute Gasteiger partial charge is 0.483 e. The number of aromatic nitrogens is 1. The van der Waals surface area contributed by atoms with Crippen molar-refractivity contribution in [2.24, 2.45) is 5.41 Å². The van der Waals surface area contributed by atoms with Gasteiger partial charge in [-0.3, -0.25) is 14.6 Å². The van der Waals surface area contributed by atoms with E-state index in [9.17, 15) is 9.59 Å². The number of hydrogen-bond donors (Lipinski definition) is 1. The normalized spacial score (nSPS) is 23.3. The van der Waals surface area contributed by atoms with Crippen LogP contribution in [0.5, 0.6) is 5.75 Å². The van der Waals surface area contributed by atoms with Crippen molar-refractivity contribution in [2.75, 3.05) is 26.2 Å². The van der Waals surface area contributed by atoms with Gasteiger partial charge in [0.2, 0.25) is 0 Å². The molecule has 1 aromatic carbocycles. The molecule has 1 aromatic heterocycles. The van der Waals surface area contributed by atoms with E-state index in [0.717, 1.165) is 37.0 Å². The first-order chi connectivity index (χ1) is 14.7. The van der Waals surface area contributed by atoms with Gasteiger partial charge in [0, 0.05) is 31.2 Å². The number of rotatable bonds is 1. The number of hydrogen-bond acceptors (Lipinski definition) is 4. The van der Waals surface area contributed by atoms with Crippen molar-refractivity contribution in [3.8, 4) is 5.75 Å². The molecule has 30 heavy (non-hydrogen) atoms. The molecule has 2 aromatic rings. The molecule has 0 aliphatic carbocycles. The summed E-state index contributed by atoms with van der Waals surface area (Å²) in [5, 5.41) is 3.04. The van der Waals surface area contributed by atoms with Crippen molar-refractivity contribution in [1.29, 1.82) is 0 Å². The molecule has 0 saturated carbocycles. The molecular formula is C24H27N3O3. The van der Waals surface area contributed by atoms with E-state index in [1.54, 1.807) is 12.3 Å². The lowest BCUT2D eigenvalue weighted by Gasteiger charge is -2.42. The van der Waals surface area contributed by atoms with E-state index in [4.69, 9.17) is 4.74 Å². The van der Waals surface area contributed by atoms with Crippen LogP contribution in [0.4, 0.5) is 0 Å². The molecule has 1 atom stereocenters. The molecule has 0 bridgehead atoms. The van der Waals surface area contributed by atoms with Crippen molar-refractivity contribution in [2.45, 2.75) is 25.7 Å². The summed E-state index contributed by atoms with van der Waals surface area (Å²) < 4.78 is 5.75. The Morgan fingerprint density at radius 3 is 2.87 bits per heavy atom. The average Bonchev–Trinajstić information content (AvgIpc) is 2.79. The Kier molecular flexibility index (Phi) is 6.12. The number of ether oxygens (including phenoxy) is 1. The fourth-order valence-corrected chi connectivity index (χ4v) is 4.25. The van der Waals surface area contributed by atoms with E-state index in [1.807, 2.05) is 41.3 Å². The van der Waals surface area contributed by atoms with Crippen LogP contribution in [-0.2, 0) is 11.2 Å². The maximum atomic E-state index is 12.9. The number of likely N-dealkylation sites (tertiary alicyclic amines) is 1. The fraction of sp³-hybridized carbons (Fsp3) is 0.375. The minimum Gasteiger partial charge on any atom is -0.483 e. The highest BCUT2D eigenvalue weighted by Gasteiger charge is 2.37. The van der Waals surface area contributed by atoms with Crippen molar-refractivity contribution in [1.82, 2.24) is 15.2 Å². The molecule has 2 amide bonds. The molecule has 6 nitrogen and oxygen atoms in total. The molecule has 3 heterocycles. The molecular weight excluding hydrogens is 378 g/mol. The molecule has 1 fully saturated rings. The van der Waals surface area contributed by atoms with Gasteiger partial charge in [0.15, 0.2) is 6.61 Å².